The number of rotatable bonds is 1. The highest BCUT2D eigenvalue weighted by molar-refractivity contribution is 7.10. The molecule has 84 valence electrons. The third-order valence-corrected chi connectivity index (χ3v) is 3.88. The van der Waals surface area contributed by atoms with Gasteiger partial charge in [-0.2, -0.15) is 0 Å². The molecule has 15 heavy (non-hydrogen) atoms. The third kappa shape index (κ3) is 2.14. The molecule has 0 aromatic carbocycles. The molecular formula is C11H16ClNOS. The first-order valence-corrected chi connectivity index (χ1v) is 6.20. The Balaban J connectivity index is 0.000000853. The molecule has 3 rings (SSSR count). The highest BCUT2D eigenvalue weighted by Crippen LogP contribution is 2.48. The van der Waals surface area contributed by atoms with Crippen molar-refractivity contribution in [2.45, 2.75) is 38.3 Å². The topological polar surface area (TPSA) is 21.3 Å². The molecule has 1 aliphatic carbocycles. The molecule has 0 unspecified atom stereocenters. The number of nitrogens with one attached hydrogen (secondary N) is 1. The highest BCUT2D eigenvalue weighted by atomic mass is 35.5. The Labute approximate surface area is 100 Å². The van der Waals surface area contributed by atoms with Gasteiger partial charge in [0.1, 0.15) is 11.9 Å². The molecule has 4 heteroatoms. The Morgan fingerprint density at radius 2 is 2.27 bits per heavy atom. The van der Waals surface area contributed by atoms with Crippen LogP contribution >= 0.6 is 23.7 Å². The fourth-order valence-electron chi connectivity index (χ4n) is 1.97. The van der Waals surface area contributed by atoms with Gasteiger partial charge < -0.3 is 10.1 Å². The maximum absolute atomic E-state index is 5.98. The zero-order valence-corrected chi connectivity index (χ0v) is 10.4. The van der Waals surface area contributed by atoms with Crippen LogP contribution in [0, 0.1) is 0 Å². The van der Waals surface area contributed by atoms with Crippen molar-refractivity contribution in [1.82, 2.24) is 5.32 Å². The molecule has 1 saturated carbocycles. The SMILES string of the molecule is C[C@H]1CNCc2scc(C3CC3)c2O1.Cl. The van der Waals surface area contributed by atoms with Crippen LogP contribution in [0.4, 0.5) is 0 Å². The number of ether oxygens (including phenoxy) is 1. The molecule has 1 aromatic rings. The number of hydrogen-bond donors (Lipinski definition) is 1. The predicted molar refractivity (Wildman–Crippen MR) is 65.3 cm³/mol. The molecule has 2 heterocycles. The van der Waals surface area contributed by atoms with Crippen molar-refractivity contribution in [3.05, 3.63) is 15.8 Å². The molecule has 0 spiro atoms. The van der Waals surface area contributed by atoms with Crippen molar-refractivity contribution in [2.24, 2.45) is 0 Å². The maximum Gasteiger partial charge on any atom is 0.138 e. The van der Waals surface area contributed by atoms with Gasteiger partial charge in [-0.05, 0) is 31.1 Å². The van der Waals surface area contributed by atoms with Crippen molar-refractivity contribution in [3.8, 4) is 5.75 Å². The lowest BCUT2D eigenvalue weighted by Gasteiger charge is -2.12. The highest BCUT2D eigenvalue weighted by Gasteiger charge is 2.30. The quantitative estimate of drug-likeness (QED) is 0.822. The summed E-state index contributed by atoms with van der Waals surface area (Å²) in [7, 11) is 0. The van der Waals surface area contributed by atoms with Crippen LogP contribution < -0.4 is 10.1 Å². The van der Waals surface area contributed by atoms with Crippen LogP contribution in [0.25, 0.3) is 0 Å². The van der Waals surface area contributed by atoms with E-state index in [1.54, 1.807) is 0 Å². The Kier molecular flexibility index (Phi) is 3.24. The number of halogens is 1. The molecule has 1 N–H and O–H groups in total. The van der Waals surface area contributed by atoms with E-state index in [-0.39, 0.29) is 12.4 Å². The Morgan fingerprint density at radius 1 is 1.47 bits per heavy atom. The van der Waals surface area contributed by atoms with E-state index in [1.165, 1.54) is 29.0 Å². The lowest BCUT2D eigenvalue weighted by Crippen LogP contribution is -2.25. The van der Waals surface area contributed by atoms with E-state index in [4.69, 9.17) is 4.74 Å². The lowest BCUT2D eigenvalue weighted by atomic mass is 10.2. The van der Waals surface area contributed by atoms with Gasteiger partial charge in [0.05, 0.1) is 4.88 Å². The average Bonchev–Trinajstić information content (AvgIpc) is 2.95. The minimum absolute atomic E-state index is 0. The summed E-state index contributed by atoms with van der Waals surface area (Å²) in [4.78, 5) is 1.39. The second kappa shape index (κ2) is 4.32. The molecule has 1 aromatic heterocycles. The second-order valence-corrected chi connectivity index (χ2v) is 5.24. The lowest BCUT2D eigenvalue weighted by molar-refractivity contribution is 0.225. The first-order valence-electron chi connectivity index (χ1n) is 5.32. The van der Waals surface area contributed by atoms with Gasteiger partial charge in [0.25, 0.3) is 0 Å². The van der Waals surface area contributed by atoms with Crippen molar-refractivity contribution in [1.29, 1.82) is 0 Å². The van der Waals surface area contributed by atoms with Gasteiger partial charge in [0.15, 0.2) is 0 Å². The van der Waals surface area contributed by atoms with E-state index in [1.807, 2.05) is 11.3 Å². The molecule has 0 amide bonds. The van der Waals surface area contributed by atoms with Gasteiger partial charge in [-0.15, -0.1) is 23.7 Å². The second-order valence-electron chi connectivity index (χ2n) is 4.28. The zero-order chi connectivity index (χ0) is 9.54. The van der Waals surface area contributed by atoms with Gasteiger partial charge in [-0.3, -0.25) is 0 Å². The van der Waals surface area contributed by atoms with Crippen LogP contribution in [0.3, 0.4) is 0 Å². The average molecular weight is 246 g/mol. The van der Waals surface area contributed by atoms with E-state index in [2.05, 4.69) is 17.6 Å². The third-order valence-electron chi connectivity index (χ3n) is 2.90. The standard InChI is InChI=1S/C11H15NOS.ClH/c1-7-4-12-5-10-11(13-7)9(6-14-10)8-2-3-8;/h6-8,12H,2-5H2,1H3;1H/t7-;/m0./s1. The number of fused-ring (bicyclic) bond motifs is 1. The zero-order valence-electron chi connectivity index (χ0n) is 8.79. The van der Waals surface area contributed by atoms with E-state index in [0.29, 0.717) is 6.10 Å². The fourth-order valence-corrected chi connectivity index (χ4v) is 2.99. The predicted octanol–water partition coefficient (Wildman–Crippen LogP) is 2.92. The summed E-state index contributed by atoms with van der Waals surface area (Å²) in [5.41, 5.74) is 1.47. The summed E-state index contributed by atoms with van der Waals surface area (Å²) < 4.78 is 5.98. The summed E-state index contributed by atoms with van der Waals surface area (Å²) in [5, 5.41) is 5.70. The van der Waals surface area contributed by atoms with Crippen LogP contribution in [0.2, 0.25) is 0 Å². The van der Waals surface area contributed by atoms with E-state index in [9.17, 15) is 0 Å². The van der Waals surface area contributed by atoms with Gasteiger partial charge in [-0.25, -0.2) is 0 Å². The van der Waals surface area contributed by atoms with Gasteiger partial charge in [0.2, 0.25) is 0 Å². The van der Waals surface area contributed by atoms with Crippen LogP contribution in [0.5, 0.6) is 5.75 Å². The van der Waals surface area contributed by atoms with Gasteiger partial charge in [-0.1, -0.05) is 0 Å². The minimum Gasteiger partial charge on any atom is -0.488 e. The maximum atomic E-state index is 5.98. The Hall–Kier alpha value is -0.250. The Morgan fingerprint density at radius 3 is 3.00 bits per heavy atom. The van der Waals surface area contributed by atoms with Crippen LogP contribution in [0.1, 0.15) is 36.1 Å². The summed E-state index contributed by atoms with van der Waals surface area (Å²) in [6, 6.07) is 0. The van der Waals surface area contributed by atoms with E-state index in [0.717, 1.165) is 19.0 Å². The molecule has 2 nitrogen and oxygen atoms in total. The summed E-state index contributed by atoms with van der Waals surface area (Å²) in [6.07, 6.45) is 3.02. The number of hydrogen-bond acceptors (Lipinski definition) is 3. The minimum atomic E-state index is 0. The van der Waals surface area contributed by atoms with Crippen molar-refractivity contribution < 1.29 is 4.74 Å². The van der Waals surface area contributed by atoms with E-state index >= 15 is 0 Å². The van der Waals surface area contributed by atoms with Crippen LogP contribution in [-0.2, 0) is 6.54 Å². The smallest absolute Gasteiger partial charge is 0.138 e. The van der Waals surface area contributed by atoms with E-state index < -0.39 is 0 Å². The molecule has 1 fully saturated rings. The van der Waals surface area contributed by atoms with Crippen molar-refractivity contribution >= 4 is 23.7 Å². The normalized spacial score (nSPS) is 24.7. The molecular weight excluding hydrogens is 230 g/mol. The first-order chi connectivity index (χ1) is 6.84. The van der Waals surface area contributed by atoms with Crippen molar-refractivity contribution in [2.75, 3.05) is 6.54 Å². The van der Waals surface area contributed by atoms with Gasteiger partial charge >= 0.3 is 0 Å². The summed E-state index contributed by atoms with van der Waals surface area (Å²) in [5.74, 6) is 2.01. The number of thiophene rings is 1. The fraction of sp³-hybridized carbons (Fsp3) is 0.636. The molecule has 1 atom stereocenters. The summed E-state index contributed by atoms with van der Waals surface area (Å²) in [6.45, 7) is 4.08. The molecule has 0 bridgehead atoms. The molecule has 1 aliphatic heterocycles. The molecule has 0 radical (unpaired) electrons. The monoisotopic (exact) mass is 245 g/mol. The molecule has 0 saturated heterocycles. The van der Waals surface area contributed by atoms with Gasteiger partial charge in [0, 0.05) is 18.7 Å². The largest absolute Gasteiger partial charge is 0.488 e. The van der Waals surface area contributed by atoms with Crippen LogP contribution in [0.15, 0.2) is 5.38 Å². The van der Waals surface area contributed by atoms with Crippen molar-refractivity contribution in [3.63, 3.8) is 0 Å². The Bertz CT molecular complexity index is 348. The first kappa shape index (κ1) is 11.2. The molecule has 2 aliphatic rings. The van der Waals surface area contributed by atoms with Crippen LogP contribution in [-0.4, -0.2) is 12.6 Å². The summed E-state index contributed by atoms with van der Waals surface area (Å²) >= 11 is 1.85.